The lowest BCUT2D eigenvalue weighted by Crippen LogP contribution is -2.00. The van der Waals surface area contributed by atoms with E-state index in [2.05, 4.69) is 11.7 Å². The lowest BCUT2D eigenvalue weighted by Gasteiger charge is -2.03. The molecule has 2 nitrogen and oxygen atoms in total. The van der Waals surface area contributed by atoms with Crippen molar-refractivity contribution in [3.63, 3.8) is 0 Å². The van der Waals surface area contributed by atoms with Crippen LogP contribution in [0.2, 0.25) is 0 Å². The van der Waals surface area contributed by atoms with Crippen LogP contribution in [0.5, 0.6) is 0 Å². The van der Waals surface area contributed by atoms with Crippen LogP contribution in [-0.2, 0) is 4.84 Å². The molecule has 0 aromatic rings. The van der Waals surface area contributed by atoms with Gasteiger partial charge in [0.2, 0.25) is 0 Å². The molecule has 1 rings (SSSR count). The van der Waals surface area contributed by atoms with Crippen molar-refractivity contribution in [3.8, 4) is 0 Å². The molecule has 0 unspecified atom stereocenters. The lowest BCUT2D eigenvalue weighted by molar-refractivity contribution is 0.145. The first-order valence-electron chi connectivity index (χ1n) is 4.08. The number of hydrogen-bond acceptors (Lipinski definition) is 2. The van der Waals surface area contributed by atoms with Gasteiger partial charge in [0.15, 0.2) is 0 Å². The normalized spacial score (nSPS) is 18.8. The summed E-state index contributed by atoms with van der Waals surface area (Å²) in [7, 11) is 0. The molecule has 0 amide bonds. The first kappa shape index (κ1) is 8.78. The van der Waals surface area contributed by atoms with Crippen molar-refractivity contribution in [2.75, 3.05) is 6.61 Å². The first-order chi connectivity index (χ1) is 5.84. The molecular formula is C10H13NO. The van der Waals surface area contributed by atoms with E-state index in [0.29, 0.717) is 6.61 Å². The zero-order valence-electron chi connectivity index (χ0n) is 7.29. The van der Waals surface area contributed by atoms with Crippen molar-refractivity contribution in [1.82, 2.24) is 0 Å². The minimum atomic E-state index is 0.661. The Balaban J connectivity index is 2.51. The second-order valence-electron chi connectivity index (χ2n) is 2.55. The van der Waals surface area contributed by atoms with Gasteiger partial charge < -0.3 is 4.84 Å². The van der Waals surface area contributed by atoms with Gasteiger partial charge in [-0.15, -0.1) is 0 Å². The average Bonchev–Trinajstić information content (AvgIpc) is 2.09. The smallest absolute Gasteiger partial charge is 0.116 e. The summed E-state index contributed by atoms with van der Waals surface area (Å²) in [5, 5.41) is 3.93. The molecule has 12 heavy (non-hydrogen) atoms. The van der Waals surface area contributed by atoms with E-state index in [1.807, 2.05) is 31.2 Å². The molecule has 2 heteroatoms. The molecular weight excluding hydrogens is 150 g/mol. The molecule has 0 fully saturated rings. The van der Waals surface area contributed by atoms with Crippen LogP contribution in [0, 0.1) is 0 Å². The quantitative estimate of drug-likeness (QED) is 0.462. The monoisotopic (exact) mass is 163 g/mol. The maximum atomic E-state index is 5.03. The van der Waals surface area contributed by atoms with Gasteiger partial charge in [0, 0.05) is 0 Å². The van der Waals surface area contributed by atoms with Crippen LogP contribution in [0.3, 0.4) is 0 Å². The van der Waals surface area contributed by atoms with Gasteiger partial charge in [-0.2, -0.15) is 0 Å². The minimum Gasteiger partial charge on any atom is -0.395 e. The zero-order valence-corrected chi connectivity index (χ0v) is 7.29. The van der Waals surface area contributed by atoms with Crippen LogP contribution in [-0.4, -0.2) is 12.3 Å². The second kappa shape index (κ2) is 4.54. The van der Waals surface area contributed by atoms with E-state index in [1.165, 1.54) is 0 Å². The van der Waals surface area contributed by atoms with E-state index in [9.17, 15) is 0 Å². The summed E-state index contributed by atoms with van der Waals surface area (Å²) in [6, 6.07) is 0. The van der Waals surface area contributed by atoms with Crippen molar-refractivity contribution < 1.29 is 4.84 Å². The number of nitrogens with zero attached hydrogens (tertiary/aromatic N) is 1. The van der Waals surface area contributed by atoms with Gasteiger partial charge in [-0.05, 0) is 18.1 Å². The molecule has 64 valence electrons. The third-order valence-corrected chi connectivity index (χ3v) is 1.45. The van der Waals surface area contributed by atoms with Crippen LogP contribution in [0.1, 0.15) is 13.3 Å². The minimum absolute atomic E-state index is 0.661. The topological polar surface area (TPSA) is 21.6 Å². The lowest BCUT2D eigenvalue weighted by atomic mass is 10.1. The van der Waals surface area contributed by atoms with E-state index >= 15 is 0 Å². The summed E-state index contributed by atoms with van der Waals surface area (Å²) in [5.41, 5.74) is 1.71. The van der Waals surface area contributed by atoms with Gasteiger partial charge in [-0.3, -0.25) is 0 Å². The highest BCUT2D eigenvalue weighted by atomic mass is 16.6. The van der Waals surface area contributed by atoms with Crippen LogP contribution >= 0.6 is 0 Å². The molecule has 0 aromatic heterocycles. The standard InChI is InChI=1S/C10H13NO/c1-3-8-12-11-10-7-5-4-6-9(10)2/h4-7H,2-3,8H2,1H3/b11-10-. The third kappa shape index (κ3) is 2.38. The van der Waals surface area contributed by atoms with E-state index < -0.39 is 0 Å². The van der Waals surface area contributed by atoms with Gasteiger partial charge in [-0.1, -0.05) is 36.9 Å². The number of allylic oxidation sites excluding steroid dienone is 5. The molecule has 0 saturated heterocycles. The maximum absolute atomic E-state index is 5.03. The Kier molecular flexibility index (Phi) is 3.33. The maximum Gasteiger partial charge on any atom is 0.116 e. The molecule has 0 saturated carbocycles. The molecule has 0 spiro atoms. The predicted molar refractivity (Wildman–Crippen MR) is 51.1 cm³/mol. The summed E-state index contributed by atoms with van der Waals surface area (Å²) in [5.74, 6) is 0. The fourth-order valence-electron chi connectivity index (χ4n) is 0.806. The Labute approximate surface area is 72.9 Å². The average molecular weight is 163 g/mol. The van der Waals surface area contributed by atoms with Crippen molar-refractivity contribution >= 4 is 5.71 Å². The number of rotatable bonds is 3. The fraction of sp³-hybridized carbons (Fsp3) is 0.300. The van der Waals surface area contributed by atoms with E-state index in [1.54, 1.807) is 0 Å². The zero-order chi connectivity index (χ0) is 8.81. The predicted octanol–water partition coefficient (Wildman–Crippen LogP) is 2.45. The molecule has 1 aliphatic rings. The molecule has 0 N–H and O–H groups in total. The third-order valence-electron chi connectivity index (χ3n) is 1.45. The summed E-state index contributed by atoms with van der Waals surface area (Å²) in [4.78, 5) is 5.03. The first-order valence-corrected chi connectivity index (χ1v) is 4.08. The van der Waals surface area contributed by atoms with Crippen molar-refractivity contribution in [2.45, 2.75) is 13.3 Å². The van der Waals surface area contributed by atoms with Gasteiger partial charge in [0.25, 0.3) is 0 Å². The van der Waals surface area contributed by atoms with E-state index in [-0.39, 0.29) is 0 Å². The molecule has 0 aromatic carbocycles. The summed E-state index contributed by atoms with van der Waals surface area (Å²) in [6.07, 6.45) is 8.62. The van der Waals surface area contributed by atoms with Crippen LogP contribution in [0.15, 0.2) is 41.6 Å². The molecule has 0 radical (unpaired) electrons. The molecule has 1 aliphatic carbocycles. The van der Waals surface area contributed by atoms with E-state index in [0.717, 1.165) is 17.7 Å². The fourth-order valence-corrected chi connectivity index (χ4v) is 0.806. The number of oxime groups is 1. The highest BCUT2D eigenvalue weighted by Gasteiger charge is 2.00. The Hall–Kier alpha value is -1.31. The highest BCUT2D eigenvalue weighted by Crippen LogP contribution is 2.05. The van der Waals surface area contributed by atoms with Crippen LogP contribution < -0.4 is 0 Å². The Morgan fingerprint density at radius 2 is 2.17 bits per heavy atom. The van der Waals surface area contributed by atoms with Crippen molar-refractivity contribution in [1.29, 1.82) is 0 Å². The SMILES string of the molecule is C=C1C=CC=C/C1=N/OCCC. The van der Waals surface area contributed by atoms with Crippen LogP contribution in [0.4, 0.5) is 0 Å². The molecule has 0 aliphatic heterocycles. The Morgan fingerprint density at radius 1 is 1.42 bits per heavy atom. The molecule has 0 atom stereocenters. The summed E-state index contributed by atoms with van der Waals surface area (Å²) in [6.45, 7) is 6.53. The van der Waals surface area contributed by atoms with Gasteiger partial charge in [-0.25, -0.2) is 0 Å². The van der Waals surface area contributed by atoms with Gasteiger partial charge in [0.05, 0.1) is 0 Å². The van der Waals surface area contributed by atoms with E-state index in [4.69, 9.17) is 4.84 Å². The molecule has 0 bridgehead atoms. The van der Waals surface area contributed by atoms with Crippen molar-refractivity contribution in [3.05, 3.63) is 36.5 Å². The van der Waals surface area contributed by atoms with Crippen molar-refractivity contribution in [2.24, 2.45) is 5.16 Å². The van der Waals surface area contributed by atoms with Crippen LogP contribution in [0.25, 0.3) is 0 Å². The highest BCUT2D eigenvalue weighted by molar-refractivity contribution is 6.10. The summed E-state index contributed by atoms with van der Waals surface area (Å²) < 4.78 is 0. The van der Waals surface area contributed by atoms with Gasteiger partial charge >= 0.3 is 0 Å². The Bertz CT molecular complexity index is 249. The van der Waals surface area contributed by atoms with Gasteiger partial charge in [0.1, 0.15) is 12.3 Å². The Morgan fingerprint density at radius 3 is 2.83 bits per heavy atom. The molecule has 0 heterocycles. The second-order valence-corrected chi connectivity index (χ2v) is 2.55. The largest absolute Gasteiger partial charge is 0.395 e. The summed E-state index contributed by atoms with van der Waals surface area (Å²) >= 11 is 0. The number of hydrogen-bond donors (Lipinski definition) is 0.